The first-order valence-corrected chi connectivity index (χ1v) is 7.34. The Labute approximate surface area is 125 Å². The molecule has 1 aliphatic carbocycles. The van der Waals surface area contributed by atoms with Gasteiger partial charge in [-0.15, -0.1) is 0 Å². The van der Waals surface area contributed by atoms with Crippen LogP contribution in [0.25, 0.3) is 0 Å². The number of esters is 1. The summed E-state index contributed by atoms with van der Waals surface area (Å²) in [6, 6.07) is 3.57. The molecular weight excluding hydrogens is 266 g/mol. The molecule has 1 aromatic rings. The first-order valence-electron chi connectivity index (χ1n) is 7.34. The summed E-state index contributed by atoms with van der Waals surface area (Å²) in [7, 11) is 1.37. The van der Waals surface area contributed by atoms with E-state index in [4.69, 9.17) is 4.74 Å². The second-order valence-corrected chi connectivity index (χ2v) is 5.70. The molecule has 112 valence electrons. The molecule has 0 aliphatic heterocycles. The van der Waals surface area contributed by atoms with E-state index in [1.807, 2.05) is 19.9 Å². The lowest BCUT2D eigenvalue weighted by atomic mass is 9.94. The first-order chi connectivity index (χ1) is 10.1. The molecule has 5 nitrogen and oxygen atoms in total. The van der Waals surface area contributed by atoms with Crippen LogP contribution in [0.15, 0.2) is 6.07 Å². The Morgan fingerprint density at radius 1 is 1.43 bits per heavy atom. The van der Waals surface area contributed by atoms with Crippen LogP contribution in [-0.4, -0.2) is 24.1 Å². The predicted molar refractivity (Wildman–Crippen MR) is 79.9 cm³/mol. The summed E-state index contributed by atoms with van der Waals surface area (Å²) in [6.45, 7) is 3.86. The lowest BCUT2D eigenvalue weighted by Gasteiger charge is -2.23. The summed E-state index contributed by atoms with van der Waals surface area (Å²) < 4.78 is 4.82. The van der Waals surface area contributed by atoms with Crippen LogP contribution in [0, 0.1) is 17.2 Å². The van der Waals surface area contributed by atoms with Crippen molar-refractivity contribution < 1.29 is 9.53 Å². The molecule has 0 bridgehead atoms. The molecule has 1 aromatic heterocycles. The van der Waals surface area contributed by atoms with Gasteiger partial charge >= 0.3 is 5.97 Å². The average Bonchev–Trinajstić information content (AvgIpc) is 2.50. The van der Waals surface area contributed by atoms with Crippen molar-refractivity contribution in [1.29, 1.82) is 5.26 Å². The molecule has 5 heteroatoms. The molecule has 0 saturated heterocycles. The van der Waals surface area contributed by atoms with Crippen LogP contribution in [-0.2, 0) is 22.4 Å². The number of methoxy groups -OCH3 is 1. The smallest absolute Gasteiger partial charge is 0.328 e. The first kappa shape index (κ1) is 15.3. The number of nitrogens with one attached hydrogen (secondary N) is 1. The number of aryl methyl sites for hydroxylation is 2. The van der Waals surface area contributed by atoms with Crippen LogP contribution in [0.5, 0.6) is 0 Å². The molecule has 0 fully saturated rings. The van der Waals surface area contributed by atoms with E-state index in [-0.39, 0.29) is 11.9 Å². The van der Waals surface area contributed by atoms with Gasteiger partial charge in [0.05, 0.1) is 12.7 Å². The Kier molecular flexibility index (Phi) is 4.79. The Hall–Kier alpha value is -2.09. The third-order valence-corrected chi connectivity index (χ3v) is 3.84. The van der Waals surface area contributed by atoms with Gasteiger partial charge in [-0.1, -0.05) is 13.8 Å². The van der Waals surface area contributed by atoms with Crippen molar-refractivity contribution in [3.8, 4) is 6.07 Å². The number of fused-ring (bicyclic) bond motifs is 1. The fourth-order valence-corrected chi connectivity index (χ4v) is 2.60. The number of hydrogen-bond donors (Lipinski definition) is 1. The minimum absolute atomic E-state index is 0.0434. The zero-order valence-corrected chi connectivity index (χ0v) is 12.8. The van der Waals surface area contributed by atoms with Gasteiger partial charge in [0, 0.05) is 5.69 Å². The molecule has 0 spiro atoms. The third kappa shape index (κ3) is 3.33. The molecule has 0 saturated carbocycles. The summed E-state index contributed by atoms with van der Waals surface area (Å²) in [4.78, 5) is 16.4. The van der Waals surface area contributed by atoms with Crippen LogP contribution in [0.4, 0.5) is 5.82 Å². The van der Waals surface area contributed by atoms with Crippen LogP contribution in [0.1, 0.15) is 43.5 Å². The summed E-state index contributed by atoms with van der Waals surface area (Å²) in [5.74, 6) is 0.192. The Morgan fingerprint density at radius 2 is 2.14 bits per heavy atom. The number of aromatic nitrogens is 1. The Balaban J connectivity index is 2.34. The quantitative estimate of drug-likeness (QED) is 0.861. The molecule has 2 rings (SSSR count). The number of hydrogen-bond acceptors (Lipinski definition) is 5. The molecule has 1 heterocycles. The summed E-state index contributed by atoms with van der Waals surface area (Å²) in [5.41, 5.74) is 2.68. The molecule has 1 N–H and O–H groups in total. The summed E-state index contributed by atoms with van der Waals surface area (Å²) in [5, 5.41) is 12.4. The fraction of sp³-hybridized carbons (Fsp3) is 0.562. The summed E-state index contributed by atoms with van der Waals surface area (Å²) >= 11 is 0. The highest BCUT2D eigenvalue weighted by atomic mass is 16.5. The van der Waals surface area contributed by atoms with E-state index < -0.39 is 6.04 Å². The number of ether oxygens (including phenoxy) is 1. The van der Waals surface area contributed by atoms with Gasteiger partial charge < -0.3 is 10.1 Å². The second-order valence-electron chi connectivity index (χ2n) is 5.70. The Morgan fingerprint density at radius 3 is 2.76 bits per heavy atom. The predicted octanol–water partition coefficient (Wildman–Crippen LogP) is 2.44. The minimum Gasteiger partial charge on any atom is -0.467 e. The third-order valence-electron chi connectivity index (χ3n) is 3.84. The van der Waals surface area contributed by atoms with Gasteiger partial charge in [-0.25, -0.2) is 9.78 Å². The average molecular weight is 287 g/mol. The topological polar surface area (TPSA) is 75.0 Å². The lowest BCUT2D eigenvalue weighted by Crippen LogP contribution is -2.36. The highest BCUT2D eigenvalue weighted by Crippen LogP contribution is 2.25. The van der Waals surface area contributed by atoms with Crippen LogP contribution < -0.4 is 5.32 Å². The lowest BCUT2D eigenvalue weighted by molar-refractivity contribution is -0.142. The van der Waals surface area contributed by atoms with Crippen LogP contribution >= 0.6 is 0 Å². The van der Waals surface area contributed by atoms with Crippen molar-refractivity contribution in [2.24, 2.45) is 5.92 Å². The maximum atomic E-state index is 11.9. The number of pyridine rings is 1. The number of carbonyl (C=O) groups excluding carboxylic acids is 1. The molecule has 0 amide bonds. The SMILES string of the molecule is COC(=O)C(Nc1nc2c(cc1C#N)CCCC2)C(C)C. The highest BCUT2D eigenvalue weighted by Gasteiger charge is 2.25. The fourth-order valence-electron chi connectivity index (χ4n) is 2.60. The van der Waals surface area contributed by atoms with Crippen molar-refractivity contribution in [3.63, 3.8) is 0 Å². The van der Waals surface area contributed by atoms with Crippen molar-refractivity contribution in [3.05, 3.63) is 22.9 Å². The standard InChI is InChI=1S/C16H21N3O2/c1-10(2)14(16(20)21-3)19-15-12(9-17)8-11-6-4-5-7-13(11)18-15/h8,10,14H,4-7H2,1-3H3,(H,18,19). The highest BCUT2D eigenvalue weighted by molar-refractivity contribution is 5.79. The number of nitrogens with zero attached hydrogens (tertiary/aromatic N) is 2. The van der Waals surface area contributed by atoms with E-state index in [0.717, 1.165) is 36.9 Å². The molecule has 1 aliphatic rings. The molecule has 1 unspecified atom stereocenters. The molecular formula is C16H21N3O2. The molecule has 1 atom stereocenters. The zero-order chi connectivity index (χ0) is 15.4. The van der Waals surface area contributed by atoms with E-state index >= 15 is 0 Å². The van der Waals surface area contributed by atoms with Crippen molar-refractivity contribution >= 4 is 11.8 Å². The molecule has 0 radical (unpaired) electrons. The van der Waals surface area contributed by atoms with E-state index in [9.17, 15) is 10.1 Å². The molecule has 21 heavy (non-hydrogen) atoms. The maximum Gasteiger partial charge on any atom is 0.328 e. The van der Waals surface area contributed by atoms with Crippen LogP contribution in [0.2, 0.25) is 0 Å². The monoisotopic (exact) mass is 287 g/mol. The van der Waals surface area contributed by atoms with Gasteiger partial charge in [-0.05, 0) is 43.2 Å². The van der Waals surface area contributed by atoms with Gasteiger partial charge in [0.15, 0.2) is 0 Å². The van der Waals surface area contributed by atoms with Gasteiger partial charge in [0.2, 0.25) is 0 Å². The normalized spacial score (nSPS) is 15.0. The van der Waals surface area contributed by atoms with Gasteiger partial charge in [-0.2, -0.15) is 5.26 Å². The number of nitriles is 1. The summed E-state index contributed by atoms with van der Waals surface area (Å²) in [6.07, 6.45) is 4.17. The zero-order valence-electron chi connectivity index (χ0n) is 12.8. The van der Waals surface area contributed by atoms with E-state index in [2.05, 4.69) is 16.4 Å². The van der Waals surface area contributed by atoms with E-state index in [1.54, 1.807) is 0 Å². The van der Waals surface area contributed by atoms with Crippen LogP contribution in [0.3, 0.4) is 0 Å². The van der Waals surface area contributed by atoms with E-state index in [1.165, 1.54) is 7.11 Å². The molecule has 0 aromatic carbocycles. The van der Waals surface area contributed by atoms with Crippen molar-refractivity contribution in [2.45, 2.75) is 45.6 Å². The number of carbonyl (C=O) groups is 1. The van der Waals surface area contributed by atoms with Crippen molar-refractivity contribution in [2.75, 3.05) is 12.4 Å². The van der Waals surface area contributed by atoms with Crippen molar-refractivity contribution in [1.82, 2.24) is 4.98 Å². The van der Waals surface area contributed by atoms with E-state index in [0.29, 0.717) is 11.4 Å². The Bertz CT molecular complexity index is 576. The number of anilines is 1. The number of rotatable bonds is 4. The second kappa shape index (κ2) is 6.57. The largest absolute Gasteiger partial charge is 0.467 e. The minimum atomic E-state index is -0.503. The van der Waals surface area contributed by atoms with Gasteiger partial charge in [0.25, 0.3) is 0 Å². The van der Waals surface area contributed by atoms with Gasteiger partial charge in [-0.3, -0.25) is 0 Å². The van der Waals surface area contributed by atoms with Gasteiger partial charge in [0.1, 0.15) is 17.9 Å². The maximum absolute atomic E-state index is 11.9.